The van der Waals surface area contributed by atoms with Crippen molar-refractivity contribution >= 4 is 29.2 Å². The minimum absolute atomic E-state index is 0.0870. The Kier molecular flexibility index (Phi) is 6.88. The Morgan fingerprint density at radius 1 is 1.09 bits per heavy atom. The van der Waals surface area contributed by atoms with Gasteiger partial charge >= 0.3 is 6.03 Å². The van der Waals surface area contributed by atoms with E-state index >= 15 is 0 Å². The van der Waals surface area contributed by atoms with E-state index in [-0.39, 0.29) is 18.4 Å². The molecule has 7 nitrogen and oxygen atoms in total. The van der Waals surface area contributed by atoms with Gasteiger partial charge < -0.3 is 21.3 Å². The summed E-state index contributed by atoms with van der Waals surface area (Å²) >= 11 is 0. The maximum absolute atomic E-state index is 11.8. The Bertz CT molecular complexity index is 558. The minimum atomic E-state index is -0.477. The smallest absolute Gasteiger partial charge is 0.319 e. The molecule has 0 fully saturated rings. The summed E-state index contributed by atoms with van der Waals surface area (Å²) in [5.41, 5.74) is 2.01. The molecule has 22 heavy (non-hydrogen) atoms. The topological polar surface area (TPSA) is 99.3 Å². The molecule has 1 aromatic carbocycles. The van der Waals surface area contributed by atoms with E-state index in [4.69, 9.17) is 0 Å². The molecule has 0 aliphatic carbocycles. The molecule has 0 radical (unpaired) electrons. The van der Waals surface area contributed by atoms with Crippen molar-refractivity contribution in [1.29, 1.82) is 0 Å². The summed E-state index contributed by atoms with van der Waals surface area (Å²) in [6.45, 7) is 5.69. The monoisotopic (exact) mass is 306 g/mol. The molecule has 1 aromatic rings. The van der Waals surface area contributed by atoms with Gasteiger partial charge in [-0.25, -0.2) is 4.79 Å². The normalized spacial score (nSPS) is 9.77. The fourth-order valence-electron chi connectivity index (χ4n) is 1.69. The predicted molar refractivity (Wildman–Crippen MR) is 85.8 cm³/mol. The predicted octanol–water partition coefficient (Wildman–Crippen LogP) is 1.60. The Morgan fingerprint density at radius 2 is 1.82 bits per heavy atom. The molecular formula is C15H22N4O3. The first-order chi connectivity index (χ1) is 10.4. The lowest BCUT2D eigenvalue weighted by atomic mass is 10.2. The molecule has 0 saturated heterocycles. The van der Waals surface area contributed by atoms with Crippen LogP contribution in [0.4, 0.5) is 16.2 Å². The molecule has 0 heterocycles. The first kappa shape index (κ1) is 17.5. The van der Waals surface area contributed by atoms with Gasteiger partial charge in [0.1, 0.15) is 0 Å². The van der Waals surface area contributed by atoms with Gasteiger partial charge in [0.05, 0.1) is 6.54 Å². The molecule has 0 atom stereocenters. The zero-order valence-corrected chi connectivity index (χ0v) is 13.1. The lowest BCUT2D eigenvalue weighted by Crippen LogP contribution is -2.39. The van der Waals surface area contributed by atoms with E-state index in [0.717, 1.165) is 12.0 Å². The van der Waals surface area contributed by atoms with Gasteiger partial charge in [0.2, 0.25) is 11.8 Å². The van der Waals surface area contributed by atoms with Crippen LogP contribution in [0.2, 0.25) is 0 Å². The summed E-state index contributed by atoms with van der Waals surface area (Å²) < 4.78 is 0. The molecule has 0 aliphatic heterocycles. The van der Waals surface area contributed by atoms with Crippen LogP contribution in [0.5, 0.6) is 0 Å². The van der Waals surface area contributed by atoms with Crippen molar-refractivity contribution < 1.29 is 14.4 Å². The maximum atomic E-state index is 11.8. The van der Waals surface area contributed by atoms with Gasteiger partial charge in [0.15, 0.2) is 0 Å². The molecule has 0 spiro atoms. The number of urea groups is 1. The zero-order chi connectivity index (χ0) is 16.5. The summed E-state index contributed by atoms with van der Waals surface area (Å²) in [7, 11) is 0. The van der Waals surface area contributed by atoms with Crippen molar-refractivity contribution in [1.82, 2.24) is 10.6 Å². The number of hydrogen-bond donors (Lipinski definition) is 4. The van der Waals surface area contributed by atoms with E-state index in [2.05, 4.69) is 21.3 Å². The molecule has 0 unspecified atom stereocenters. The summed E-state index contributed by atoms with van der Waals surface area (Å²) in [6.07, 6.45) is 0.840. The van der Waals surface area contributed by atoms with E-state index in [1.807, 2.05) is 13.8 Å². The van der Waals surface area contributed by atoms with E-state index < -0.39 is 6.03 Å². The highest BCUT2D eigenvalue weighted by molar-refractivity contribution is 5.94. The number of benzene rings is 1. The number of amides is 4. The largest absolute Gasteiger partial charge is 0.355 e. The summed E-state index contributed by atoms with van der Waals surface area (Å²) in [6, 6.07) is 4.72. The van der Waals surface area contributed by atoms with E-state index in [9.17, 15) is 14.4 Å². The van der Waals surface area contributed by atoms with Crippen LogP contribution in [0.15, 0.2) is 18.2 Å². The summed E-state index contributed by atoms with van der Waals surface area (Å²) in [4.78, 5) is 34.2. The molecule has 120 valence electrons. The number of aryl methyl sites for hydroxylation is 1. The average molecular weight is 306 g/mol. The van der Waals surface area contributed by atoms with Gasteiger partial charge in [0, 0.05) is 24.8 Å². The van der Waals surface area contributed by atoms with Crippen LogP contribution in [0.25, 0.3) is 0 Å². The Hall–Kier alpha value is -2.57. The SMILES string of the molecule is CCCNC(=O)CNC(=O)Nc1cc(NC(C)=O)ccc1C. The average Bonchev–Trinajstić information content (AvgIpc) is 2.46. The molecule has 0 bridgehead atoms. The highest BCUT2D eigenvalue weighted by atomic mass is 16.2. The number of hydrogen-bond acceptors (Lipinski definition) is 3. The minimum Gasteiger partial charge on any atom is -0.355 e. The van der Waals surface area contributed by atoms with Gasteiger partial charge in [-0.2, -0.15) is 0 Å². The van der Waals surface area contributed by atoms with Crippen molar-refractivity contribution in [2.45, 2.75) is 27.2 Å². The molecule has 0 saturated carbocycles. The fourth-order valence-corrected chi connectivity index (χ4v) is 1.69. The first-order valence-electron chi connectivity index (χ1n) is 7.12. The highest BCUT2D eigenvalue weighted by Gasteiger charge is 2.08. The summed E-state index contributed by atoms with van der Waals surface area (Å²) in [5.74, 6) is -0.424. The lowest BCUT2D eigenvalue weighted by Gasteiger charge is -2.12. The second-order valence-corrected chi connectivity index (χ2v) is 4.87. The number of anilines is 2. The van der Waals surface area contributed by atoms with Crippen LogP contribution in [0, 0.1) is 6.92 Å². The summed E-state index contributed by atoms with van der Waals surface area (Å²) in [5, 5.41) is 10.4. The fraction of sp³-hybridized carbons (Fsp3) is 0.400. The second kappa shape index (κ2) is 8.66. The highest BCUT2D eigenvalue weighted by Crippen LogP contribution is 2.20. The number of carbonyl (C=O) groups is 3. The van der Waals surface area contributed by atoms with Crippen LogP contribution >= 0.6 is 0 Å². The molecule has 4 amide bonds. The third kappa shape index (κ3) is 6.25. The zero-order valence-electron chi connectivity index (χ0n) is 13.1. The third-order valence-corrected chi connectivity index (χ3v) is 2.79. The second-order valence-electron chi connectivity index (χ2n) is 4.87. The maximum Gasteiger partial charge on any atom is 0.319 e. The van der Waals surface area contributed by atoms with Crippen LogP contribution in [-0.2, 0) is 9.59 Å². The van der Waals surface area contributed by atoms with Gasteiger partial charge in [0.25, 0.3) is 0 Å². The van der Waals surface area contributed by atoms with Crippen LogP contribution in [0.1, 0.15) is 25.8 Å². The van der Waals surface area contributed by atoms with Crippen molar-refractivity contribution in [3.8, 4) is 0 Å². The van der Waals surface area contributed by atoms with Gasteiger partial charge in [-0.3, -0.25) is 9.59 Å². The van der Waals surface area contributed by atoms with Crippen molar-refractivity contribution in [3.63, 3.8) is 0 Å². The van der Waals surface area contributed by atoms with Crippen molar-refractivity contribution in [2.24, 2.45) is 0 Å². The Morgan fingerprint density at radius 3 is 2.45 bits per heavy atom. The number of nitrogens with one attached hydrogen (secondary N) is 4. The molecule has 1 rings (SSSR count). The third-order valence-electron chi connectivity index (χ3n) is 2.79. The van der Waals surface area contributed by atoms with E-state index in [1.54, 1.807) is 18.2 Å². The molecule has 0 aromatic heterocycles. The Balaban J connectivity index is 2.56. The van der Waals surface area contributed by atoms with Gasteiger partial charge in [-0.05, 0) is 31.0 Å². The molecular weight excluding hydrogens is 284 g/mol. The first-order valence-corrected chi connectivity index (χ1v) is 7.12. The van der Waals surface area contributed by atoms with E-state index in [1.165, 1.54) is 6.92 Å². The van der Waals surface area contributed by atoms with Crippen LogP contribution in [0.3, 0.4) is 0 Å². The van der Waals surface area contributed by atoms with E-state index in [0.29, 0.717) is 17.9 Å². The number of carbonyl (C=O) groups excluding carboxylic acids is 3. The molecule has 7 heteroatoms. The Labute approximate surface area is 129 Å². The standard InChI is InChI=1S/C15H22N4O3/c1-4-7-16-14(21)9-17-15(22)19-13-8-12(18-11(3)20)6-5-10(13)2/h5-6,8H,4,7,9H2,1-3H3,(H,16,21)(H,18,20)(H2,17,19,22). The van der Waals surface area contributed by atoms with Crippen LogP contribution in [-0.4, -0.2) is 30.9 Å². The van der Waals surface area contributed by atoms with Crippen LogP contribution < -0.4 is 21.3 Å². The van der Waals surface area contributed by atoms with Gasteiger partial charge in [-0.1, -0.05) is 13.0 Å². The molecule has 4 N–H and O–H groups in total. The van der Waals surface area contributed by atoms with Crippen molar-refractivity contribution in [3.05, 3.63) is 23.8 Å². The van der Waals surface area contributed by atoms with Crippen molar-refractivity contribution in [2.75, 3.05) is 23.7 Å². The van der Waals surface area contributed by atoms with Gasteiger partial charge in [-0.15, -0.1) is 0 Å². The lowest BCUT2D eigenvalue weighted by molar-refractivity contribution is -0.120. The number of rotatable bonds is 6. The quantitative estimate of drug-likeness (QED) is 0.642. The molecule has 0 aliphatic rings.